The van der Waals surface area contributed by atoms with Gasteiger partial charge in [0.05, 0.1) is 5.69 Å². The Kier molecular flexibility index (Phi) is 5.99. The number of hydrogen-bond donors (Lipinski definition) is 1. The van der Waals surface area contributed by atoms with Crippen molar-refractivity contribution in [2.24, 2.45) is 11.8 Å². The number of amides is 2. The summed E-state index contributed by atoms with van der Waals surface area (Å²) in [5.74, 6) is -0.150. The maximum Gasteiger partial charge on any atom is 0.313 e. The number of para-hydroxylation sites is 1. The van der Waals surface area contributed by atoms with E-state index in [1.165, 1.54) is 0 Å². The molecule has 1 aliphatic rings. The maximum atomic E-state index is 12.6. The standard InChI is InChI=1S/C21H24N2O2S/c1-15-12-16(2)14-23(13-15)21(25)20(24)22-18-10-6-7-11-19(18)26-17-8-4-3-5-9-17/h3-11,15-16H,12-14H2,1-2H3,(H,22,24). The third-order valence-corrected chi connectivity index (χ3v) is 5.54. The lowest BCUT2D eigenvalue weighted by Gasteiger charge is -2.34. The fraction of sp³-hybridized carbons (Fsp3) is 0.333. The van der Waals surface area contributed by atoms with Gasteiger partial charge in [-0.3, -0.25) is 9.59 Å². The molecule has 1 aliphatic heterocycles. The highest BCUT2D eigenvalue weighted by atomic mass is 32.2. The molecule has 136 valence electrons. The largest absolute Gasteiger partial charge is 0.334 e. The predicted molar refractivity (Wildman–Crippen MR) is 105 cm³/mol. The summed E-state index contributed by atoms with van der Waals surface area (Å²) in [6, 6.07) is 17.5. The van der Waals surface area contributed by atoms with E-state index in [0.717, 1.165) is 16.2 Å². The van der Waals surface area contributed by atoms with Gasteiger partial charge in [0.25, 0.3) is 0 Å². The van der Waals surface area contributed by atoms with Crippen LogP contribution in [0.1, 0.15) is 20.3 Å². The summed E-state index contributed by atoms with van der Waals surface area (Å²) in [5.41, 5.74) is 0.665. The molecule has 0 aliphatic carbocycles. The number of piperidine rings is 1. The van der Waals surface area contributed by atoms with Crippen molar-refractivity contribution in [3.8, 4) is 0 Å². The Hall–Kier alpha value is -2.27. The van der Waals surface area contributed by atoms with Crippen LogP contribution in [0.2, 0.25) is 0 Å². The molecule has 2 atom stereocenters. The van der Waals surface area contributed by atoms with Crippen LogP contribution in [0.15, 0.2) is 64.4 Å². The maximum absolute atomic E-state index is 12.6. The highest BCUT2D eigenvalue weighted by Gasteiger charge is 2.29. The molecule has 1 fully saturated rings. The molecule has 3 rings (SSSR count). The van der Waals surface area contributed by atoms with Crippen molar-refractivity contribution in [1.29, 1.82) is 0 Å². The van der Waals surface area contributed by atoms with Gasteiger partial charge in [0, 0.05) is 22.9 Å². The zero-order chi connectivity index (χ0) is 18.5. The van der Waals surface area contributed by atoms with E-state index in [4.69, 9.17) is 0 Å². The highest BCUT2D eigenvalue weighted by Crippen LogP contribution is 2.33. The summed E-state index contributed by atoms with van der Waals surface area (Å²) < 4.78 is 0. The van der Waals surface area contributed by atoms with Crippen LogP contribution in [0.5, 0.6) is 0 Å². The van der Waals surface area contributed by atoms with Gasteiger partial charge in [-0.25, -0.2) is 0 Å². The van der Waals surface area contributed by atoms with Crippen molar-refractivity contribution in [3.05, 3.63) is 54.6 Å². The van der Waals surface area contributed by atoms with E-state index in [1.807, 2.05) is 54.6 Å². The SMILES string of the molecule is CC1CC(C)CN(C(=O)C(=O)Nc2ccccc2Sc2ccccc2)C1. The number of hydrogen-bond acceptors (Lipinski definition) is 3. The molecule has 2 amide bonds. The number of anilines is 1. The molecule has 1 heterocycles. The summed E-state index contributed by atoms with van der Waals surface area (Å²) in [4.78, 5) is 28.8. The summed E-state index contributed by atoms with van der Waals surface area (Å²) in [6.07, 6.45) is 1.10. The second-order valence-electron chi connectivity index (χ2n) is 7.02. The molecule has 26 heavy (non-hydrogen) atoms. The van der Waals surface area contributed by atoms with E-state index in [2.05, 4.69) is 19.2 Å². The molecule has 2 aromatic carbocycles. The predicted octanol–water partition coefficient (Wildman–Crippen LogP) is 4.28. The number of likely N-dealkylation sites (tertiary alicyclic amines) is 1. The van der Waals surface area contributed by atoms with Gasteiger partial charge in [0.1, 0.15) is 0 Å². The molecular formula is C21H24N2O2S. The van der Waals surface area contributed by atoms with Gasteiger partial charge < -0.3 is 10.2 Å². The molecule has 0 aromatic heterocycles. The van der Waals surface area contributed by atoms with Gasteiger partial charge >= 0.3 is 11.8 Å². The zero-order valence-electron chi connectivity index (χ0n) is 15.1. The van der Waals surface area contributed by atoms with E-state index in [1.54, 1.807) is 16.7 Å². The van der Waals surface area contributed by atoms with Gasteiger partial charge in [0.15, 0.2) is 0 Å². The minimum atomic E-state index is -0.563. The quantitative estimate of drug-likeness (QED) is 0.823. The van der Waals surface area contributed by atoms with Crippen LogP contribution in [0.4, 0.5) is 5.69 Å². The Labute approximate surface area is 159 Å². The molecule has 2 unspecified atom stereocenters. The number of nitrogens with zero attached hydrogens (tertiary/aromatic N) is 1. The first-order chi connectivity index (χ1) is 12.5. The number of carbonyl (C=O) groups excluding carboxylic acids is 2. The van der Waals surface area contributed by atoms with Crippen LogP contribution in [-0.4, -0.2) is 29.8 Å². The van der Waals surface area contributed by atoms with Crippen LogP contribution < -0.4 is 5.32 Å². The Balaban J connectivity index is 1.70. The Morgan fingerprint density at radius 2 is 1.58 bits per heavy atom. The Morgan fingerprint density at radius 1 is 0.962 bits per heavy atom. The van der Waals surface area contributed by atoms with Crippen molar-refractivity contribution >= 4 is 29.3 Å². The molecule has 0 bridgehead atoms. The van der Waals surface area contributed by atoms with Gasteiger partial charge in [-0.2, -0.15) is 0 Å². The average molecular weight is 369 g/mol. The zero-order valence-corrected chi connectivity index (χ0v) is 16.0. The van der Waals surface area contributed by atoms with Gasteiger partial charge in [-0.05, 0) is 42.5 Å². The molecule has 4 nitrogen and oxygen atoms in total. The van der Waals surface area contributed by atoms with Crippen LogP contribution in [0.3, 0.4) is 0 Å². The smallest absolute Gasteiger partial charge is 0.313 e. The van der Waals surface area contributed by atoms with Gasteiger partial charge in [0.2, 0.25) is 0 Å². The third kappa shape index (κ3) is 4.67. The number of carbonyl (C=O) groups is 2. The van der Waals surface area contributed by atoms with Crippen molar-refractivity contribution in [2.45, 2.75) is 30.1 Å². The lowest BCUT2D eigenvalue weighted by molar-refractivity contribution is -0.145. The second kappa shape index (κ2) is 8.41. The summed E-state index contributed by atoms with van der Waals surface area (Å²) in [7, 11) is 0. The lowest BCUT2D eigenvalue weighted by atomic mass is 9.92. The first-order valence-electron chi connectivity index (χ1n) is 8.95. The molecule has 0 saturated carbocycles. The summed E-state index contributed by atoms with van der Waals surface area (Å²) in [6.45, 7) is 5.55. The van der Waals surface area contributed by atoms with E-state index < -0.39 is 11.8 Å². The topological polar surface area (TPSA) is 49.4 Å². The monoisotopic (exact) mass is 368 g/mol. The van der Waals surface area contributed by atoms with E-state index in [-0.39, 0.29) is 0 Å². The highest BCUT2D eigenvalue weighted by molar-refractivity contribution is 7.99. The Morgan fingerprint density at radius 3 is 2.27 bits per heavy atom. The first-order valence-corrected chi connectivity index (χ1v) is 9.76. The van der Waals surface area contributed by atoms with Gasteiger partial charge in [-0.15, -0.1) is 0 Å². The number of nitrogens with one attached hydrogen (secondary N) is 1. The van der Waals surface area contributed by atoms with Gasteiger partial charge in [-0.1, -0.05) is 55.9 Å². The number of rotatable bonds is 3. The second-order valence-corrected chi connectivity index (χ2v) is 8.14. The molecule has 1 N–H and O–H groups in total. The fourth-order valence-corrected chi connectivity index (χ4v) is 4.35. The first kappa shape index (κ1) is 18.5. The van der Waals surface area contributed by atoms with Crippen LogP contribution >= 0.6 is 11.8 Å². The molecule has 0 spiro atoms. The number of benzene rings is 2. The van der Waals surface area contributed by atoms with E-state index in [0.29, 0.717) is 30.6 Å². The normalized spacial score (nSPS) is 19.8. The molecule has 2 aromatic rings. The van der Waals surface area contributed by atoms with Crippen molar-refractivity contribution in [1.82, 2.24) is 4.90 Å². The van der Waals surface area contributed by atoms with Crippen molar-refractivity contribution < 1.29 is 9.59 Å². The summed E-state index contributed by atoms with van der Waals surface area (Å²) >= 11 is 1.56. The van der Waals surface area contributed by atoms with Crippen molar-refractivity contribution in [3.63, 3.8) is 0 Å². The lowest BCUT2D eigenvalue weighted by Crippen LogP contribution is -2.47. The minimum absolute atomic E-state index is 0.427. The molecule has 5 heteroatoms. The van der Waals surface area contributed by atoms with Crippen LogP contribution in [0, 0.1) is 11.8 Å². The summed E-state index contributed by atoms with van der Waals surface area (Å²) in [5, 5.41) is 2.81. The fourth-order valence-electron chi connectivity index (χ4n) is 3.42. The van der Waals surface area contributed by atoms with Crippen LogP contribution in [0.25, 0.3) is 0 Å². The molecule has 1 saturated heterocycles. The average Bonchev–Trinajstić information content (AvgIpc) is 2.62. The van der Waals surface area contributed by atoms with Crippen LogP contribution in [-0.2, 0) is 9.59 Å². The van der Waals surface area contributed by atoms with Crippen molar-refractivity contribution in [2.75, 3.05) is 18.4 Å². The Bertz CT molecular complexity index is 769. The van der Waals surface area contributed by atoms with E-state index in [9.17, 15) is 9.59 Å². The minimum Gasteiger partial charge on any atom is -0.334 e. The third-order valence-electron chi connectivity index (χ3n) is 4.46. The van der Waals surface area contributed by atoms with E-state index >= 15 is 0 Å². The molecular weight excluding hydrogens is 344 g/mol. The molecule has 0 radical (unpaired) electrons.